The Balaban J connectivity index is 1.81. The predicted octanol–water partition coefficient (Wildman–Crippen LogP) is 3.02. The third-order valence-electron chi connectivity index (χ3n) is 3.88. The van der Waals surface area contributed by atoms with E-state index < -0.39 is 0 Å². The zero-order chi connectivity index (χ0) is 17.8. The Morgan fingerprint density at radius 3 is 2.76 bits per heavy atom. The van der Waals surface area contributed by atoms with E-state index in [1.54, 1.807) is 29.5 Å². The summed E-state index contributed by atoms with van der Waals surface area (Å²) >= 11 is 1.56. The average molecular weight is 357 g/mol. The molecule has 0 aromatic carbocycles. The minimum Gasteiger partial charge on any atom is -0.459 e. The fraction of sp³-hybridized carbons (Fsp3) is 0.278. The molecule has 3 aromatic rings. The van der Waals surface area contributed by atoms with E-state index in [1.807, 2.05) is 31.4 Å². The molecule has 0 saturated carbocycles. The van der Waals surface area contributed by atoms with Gasteiger partial charge in [-0.25, -0.2) is 4.68 Å². The van der Waals surface area contributed by atoms with Gasteiger partial charge in [0, 0.05) is 6.07 Å². The van der Waals surface area contributed by atoms with Crippen LogP contribution in [0.2, 0.25) is 0 Å². The standard InChI is InChI=1S/C18H19N3O3S/c1-12(2)14(19-18(23)15-5-3-9-24-15)11-21-17(22)8-7-13(20-21)16-6-4-10-25-16/h3-10,12,14H,11H2,1-2H3,(H,19,23)/t14-/m1/s1. The Hall–Kier alpha value is -2.67. The van der Waals surface area contributed by atoms with E-state index in [2.05, 4.69) is 10.4 Å². The zero-order valence-corrected chi connectivity index (χ0v) is 14.8. The molecule has 3 heterocycles. The minimum atomic E-state index is -0.300. The molecule has 0 aliphatic carbocycles. The van der Waals surface area contributed by atoms with Crippen molar-refractivity contribution in [3.63, 3.8) is 0 Å². The minimum absolute atomic E-state index is 0.123. The highest BCUT2D eigenvalue weighted by Crippen LogP contribution is 2.21. The van der Waals surface area contributed by atoms with Gasteiger partial charge in [0.1, 0.15) is 5.69 Å². The van der Waals surface area contributed by atoms with Gasteiger partial charge in [-0.1, -0.05) is 19.9 Å². The Kier molecular flexibility index (Phi) is 5.14. The van der Waals surface area contributed by atoms with Gasteiger partial charge < -0.3 is 9.73 Å². The van der Waals surface area contributed by atoms with E-state index in [-0.39, 0.29) is 29.2 Å². The summed E-state index contributed by atoms with van der Waals surface area (Å²) in [7, 11) is 0. The molecule has 25 heavy (non-hydrogen) atoms. The van der Waals surface area contributed by atoms with Crippen LogP contribution in [0.15, 0.2) is 57.3 Å². The number of amides is 1. The molecule has 1 atom stereocenters. The summed E-state index contributed by atoms with van der Waals surface area (Å²) in [5.41, 5.74) is 0.549. The Morgan fingerprint density at radius 1 is 1.28 bits per heavy atom. The zero-order valence-electron chi connectivity index (χ0n) is 14.0. The van der Waals surface area contributed by atoms with Crippen LogP contribution in [0.25, 0.3) is 10.6 Å². The van der Waals surface area contributed by atoms with Gasteiger partial charge >= 0.3 is 0 Å². The molecule has 0 aliphatic heterocycles. The van der Waals surface area contributed by atoms with Gasteiger partial charge in [0.05, 0.1) is 23.7 Å². The predicted molar refractivity (Wildman–Crippen MR) is 96.6 cm³/mol. The summed E-state index contributed by atoms with van der Waals surface area (Å²) in [6.07, 6.45) is 1.45. The fourth-order valence-corrected chi connectivity index (χ4v) is 3.08. The molecule has 3 rings (SSSR count). The average Bonchev–Trinajstić information content (AvgIpc) is 3.29. The lowest BCUT2D eigenvalue weighted by molar-refractivity contribution is 0.0890. The summed E-state index contributed by atoms with van der Waals surface area (Å²) in [6.45, 7) is 4.27. The van der Waals surface area contributed by atoms with Gasteiger partial charge in [0.2, 0.25) is 0 Å². The topological polar surface area (TPSA) is 77.1 Å². The van der Waals surface area contributed by atoms with E-state index in [4.69, 9.17) is 4.42 Å². The number of carbonyl (C=O) groups excluding carboxylic acids is 1. The lowest BCUT2D eigenvalue weighted by atomic mass is 10.0. The van der Waals surface area contributed by atoms with Gasteiger partial charge in [-0.05, 0) is 35.6 Å². The van der Waals surface area contributed by atoms with E-state index in [1.165, 1.54) is 17.0 Å². The van der Waals surface area contributed by atoms with Crippen LogP contribution in [0.1, 0.15) is 24.4 Å². The van der Waals surface area contributed by atoms with Crippen LogP contribution < -0.4 is 10.9 Å². The number of aromatic nitrogens is 2. The number of rotatable bonds is 6. The molecule has 0 bridgehead atoms. The van der Waals surface area contributed by atoms with Crippen molar-refractivity contribution in [2.24, 2.45) is 5.92 Å². The van der Waals surface area contributed by atoms with Crippen molar-refractivity contribution in [2.45, 2.75) is 26.4 Å². The van der Waals surface area contributed by atoms with E-state index in [9.17, 15) is 9.59 Å². The Morgan fingerprint density at radius 2 is 2.12 bits per heavy atom. The number of hydrogen-bond donors (Lipinski definition) is 1. The van der Waals surface area contributed by atoms with Gasteiger partial charge in [-0.3, -0.25) is 9.59 Å². The number of nitrogens with one attached hydrogen (secondary N) is 1. The summed E-state index contributed by atoms with van der Waals surface area (Å²) < 4.78 is 6.53. The largest absolute Gasteiger partial charge is 0.459 e. The van der Waals surface area contributed by atoms with Crippen LogP contribution in [-0.4, -0.2) is 21.7 Å². The summed E-state index contributed by atoms with van der Waals surface area (Å²) in [5.74, 6) is 0.0717. The van der Waals surface area contributed by atoms with Crippen LogP contribution in [0, 0.1) is 5.92 Å². The van der Waals surface area contributed by atoms with E-state index in [0.29, 0.717) is 6.54 Å². The van der Waals surface area contributed by atoms with Crippen LogP contribution in [-0.2, 0) is 6.54 Å². The third-order valence-corrected chi connectivity index (χ3v) is 4.77. The van der Waals surface area contributed by atoms with Crippen molar-refractivity contribution in [1.29, 1.82) is 0 Å². The van der Waals surface area contributed by atoms with E-state index >= 15 is 0 Å². The number of carbonyl (C=O) groups is 1. The summed E-state index contributed by atoms with van der Waals surface area (Å²) in [6, 6.07) is 10.1. The van der Waals surface area contributed by atoms with Crippen molar-refractivity contribution in [3.05, 3.63) is 64.2 Å². The number of nitrogens with zero attached hydrogens (tertiary/aromatic N) is 2. The number of thiophene rings is 1. The monoisotopic (exact) mass is 357 g/mol. The smallest absolute Gasteiger partial charge is 0.287 e. The molecule has 0 fully saturated rings. The van der Waals surface area contributed by atoms with Gasteiger partial charge in [0.15, 0.2) is 5.76 Å². The highest BCUT2D eigenvalue weighted by molar-refractivity contribution is 7.13. The van der Waals surface area contributed by atoms with Crippen molar-refractivity contribution in [2.75, 3.05) is 0 Å². The molecule has 1 N–H and O–H groups in total. The second kappa shape index (κ2) is 7.48. The second-order valence-corrected chi connectivity index (χ2v) is 6.97. The molecule has 1 amide bonds. The Bertz CT molecular complexity index is 883. The normalized spacial score (nSPS) is 12.3. The number of furan rings is 1. The third kappa shape index (κ3) is 4.06. The molecule has 7 heteroatoms. The second-order valence-electron chi connectivity index (χ2n) is 6.02. The highest BCUT2D eigenvalue weighted by Gasteiger charge is 2.20. The van der Waals surface area contributed by atoms with Gasteiger partial charge in [-0.2, -0.15) is 5.10 Å². The lowest BCUT2D eigenvalue weighted by Gasteiger charge is -2.22. The molecule has 130 valence electrons. The van der Waals surface area contributed by atoms with E-state index in [0.717, 1.165) is 10.6 Å². The molecule has 3 aromatic heterocycles. The van der Waals surface area contributed by atoms with Crippen LogP contribution >= 0.6 is 11.3 Å². The number of hydrogen-bond acceptors (Lipinski definition) is 5. The molecule has 0 aliphatic rings. The summed E-state index contributed by atoms with van der Waals surface area (Å²) in [4.78, 5) is 25.4. The maximum Gasteiger partial charge on any atom is 0.287 e. The van der Waals surface area contributed by atoms with Crippen molar-refractivity contribution >= 4 is 17.2 Å². The molecule has 0 saturated heterocycles. The van der Waals surface area contributed by atoms with Gasteiger partial charge in [0.25, 0.3) is 11.5 Å². The fourth-order valence-electron chi connectivity index (χ4n) is 2.39. The van der Waals surface area contributed by atoms with Crippen molar-refractivity contribution in [3.8, 4) is 10.6 Å². The SMILES string of the molecule is CC(C)[C@@H](Cn1nc(-c2cccs2)ccc1=O)NC(=O)c1ccco1. The molecule has 0 unspecified atom stereocenters. The lowest BCUT2D eigenvalue weighted by Crippen LogP contribution is -2.43. The maximum atomic E-state index is 12.2. The van der Waals surface area contributed by atoms with Gasteiger partial charge in [-0.15, -0.1) is 11.3 Å². The first-order valence-electron chi connectivity index (χ1n) is 8.01. The quantitative estimate of drug-likeness (QED) is 0.736. The molecular weight excluding hydrogens is 338 g/mol. The molecule has 0 spiro atoms. The molecule has 6 nitrogen and oxygen atoms in total. The summed E-state index contributed by atoms with van der Waals surface area (Å²) in [5, 5.41) is 9.33. The first-order valence-corrected chi connectivity index (χ1v) is 8.89. The first-order chi connectivity index (χ1) is 12.0. The Labute approximate surface area is 149 Å². The highest BCUT2D eigenvalue weighted by atomic mass is 32.1. The van der Waals surface area contributed by atoms with Crippen molar-refractivity contribution < 1.29 is 9.21 Å². The maximum absolute atomic E-state index is 12.2. The van der Waals surface area contributed by atoms with Crippen molar-refractivity contribution in [1.82, 2.24) is 15.1 Å². The first kappa shape index (κ1) is 17.2. The molecule has 0 radical (unpaired) electrons. The van der Waals surface area contributed by atoms with Crippen LogP contribution in [0.3, 0.4) is 0 Å². The van der Waals surface area contributed by atoms with Crippen LogP contribution in [0.5, 0.6) is 0 Å². The van der Waals surface area contributed by atoms with Crippen LogP contribution in [0.4, 0.5) is 0 Å². The molecular formula is C18H19N3O3S.